The number of hydrogen-bond acceptors (Lipinski definition) is 3. The van der Waals surface area contributed by atoms with Crippen molar-refractivity contribution in [3.8, 4) is 0 Å². The third kappa shape index (κ3) is 3.47. The van der Waals surface area contributed by atoms with Gasteiger partial charge in [0.2, 0.25) is 0 Å². The van der Waals surface area contributed by atoms with Gasteiger partial charge in [-0.15, -0.1) is 11.6 Å². The molecule has 4 nitrogen and oxygen atoms in total. The highest BCUT2D eigenvalue weighted by Crippen LogP contribution is 2.05. The molecule has 0 aliphatic heterocycles. The number of nitrogens with zero attached hydrogens (tertiary/aromatic N) is 2. The highest BCUT2D eigenvalue weighted by atomic mass is 35.5. The fraction of sp³-hybridized carbons (Fsp3) is 0.500. The van der Waals surface area contributed by atoms with E-state index in [1.54, 1.807) is 19.9 Å². The molecular formula is C10H14ClN3O. The zero-order valence-corrected chi connectivity index (χ0v) is 9.80. The minimum absolute atomic E-state index is 0.0786. The number of carbonyl (C=O) groups excluding carboxylic acids is 1. The molecule has 0 saturated carbocycles. The number of aromatic nitrogens is 2. The lowest BCUT2D eigenvalue weighted by molar-refractivity contribution is 0.0952. The maximum Gasteiger partial charge on any atom is 0.253 e. The molecule has 1 N–H and O–H groups in total. The van der Waals surface area contributed by atoms with E-state index in [1.165, 1.54) is 0 Å². The highest BCUT2D eigenvalue weighted by Gasteiger charge is 2.11. The Hall–Kier alpha value is -1.16. The molecule has 1 aromatic rings. The summed E-state index contributed by atoms with van der Waals surface area (Å²) >= 11 is 5.74. The average Bonchev–Trinajstić information content (AvgIpc) is 2.18. The zero-order chi connectivity index (χ0) is 11.4. The number of nitrogens with one attached hydrogen (secondary N) is 1. The number of hydrogen-bond donors (Lipinski definition) is 1. The van der Waals surface area contributed by atoms with Crippen LogP contribution in [0.1, 0.15) is 28.7 Å². The van der Waals surface area contributed by atoms with E-state index < -0.39 is 0 Å². The molecule has 1 aromatic heterocycles. The van der Waals surface area contributed by atoms with Crippen molar-refractivity contribution < 1.29 is 4.79 Å². The molecule has 5 heteroatoms. The minimum Gasteiger partial charge on any atom is -0.351 e. The zero-order valence-electron chi connectivity index (χ0n) is 9.04. The van der Waals surface area contributed by atoms with Crippen LogP contribution in [-0.4, -0.2) is 28.0 Å². The number of halogens is 1. The average molecular weight is 228 g/mol. The number of rotatable bonds is 3. The summed E-state index contributed by atoms with van der Waals surface area (Å²) in [5.74, 6) is -0.155. The molecule has 0 saturated heterocycles. The molecule has 0 aliphatic carbocycles. The van der Waals surface area contributed by atoms with Crippen molar-refractivity contribution in [1.82, 2.24) is 15.5 Å². The van der Waals surface area contributed by atoms with Crippen molar-refractivity contribution in [2.75, 3.05) is 6.54 Å². The highest BCUT2D eigenvalue weighted by molar-refractivity contribution is 6.20. The van der Waals surface area contributed by atoms with E-state index in [2.05, 4.69) is 15.5 Å². The standard InChI is InChI=1S/C10H14ClN3O/c1-6(11)5-12-10(15)9-4-7(2)13-14-8(9)3/h4,6H,5H2,1-3H3,(H,12,15). The van der Waals surface area contributed by atoms with Crippen LogP contribution in [0.4, 0.5) is 0 Å². The molecule has 0 fully saturated rings. The largest absolute Gasteiger partial charge is 0.351 e. The fourth-order valence-electron chi connectivity index (χ4n) is 1.11. The second-order valence-electron chi connectivity index (χ2n) is 3.48. The monoisotopic (exact) mass is 227 g/mol. The lowest BCUT2D eigenvalue weighted by Gasteiger charge is -2.08. The van der Waals surface area contributed by atoms with Gasteiger partial charge in [-0.05, 0) is 26.8 Å². The molecule has 0 aromatic carbocycles. The summed E-state index contributed by atoms with van der Waals surface area (Å²) in [4.78, 5) is 11.7. The summed E-state index contributed by atoms with van der Waals surface area (Å²) in [7, 11) is 0. The Labute approximate surface area is 94.0 Å². The van der Waals surface area contributed by atoms with Gasteiger partial charge in [-0.1, -0.05) is 0 Å². The molecule has 82 valence electrons. The second-order valence-corrected chi connectivity index (χ2v) is 4.22. The first-order valence-corrected chi connectivity index (χ1v) is 5.17. The topological polar surface area (TPSA) is 54.9 Å². The van der Waals surface area contributed by atoms with Gasteiger partial charge in [0.15, 0.2) is 0 Å². The van der Waals surface area contributed by atoms with Gasteiger partial charge in [0, 0.05) is 11.9 Å². The van der Waals surface area contributed by atoms with Crippen LogP contribution in [0.3, 0.4) is 0 Å². The van der Waals surface area contributed by atoms with Crippen molar-refractivity contribution in [3.05, 3.63) is 23.0 Å². The molecule has 1 amide bonds. The maximum atomic E-state index is 11.7. The first-order valence-electron chi connectivity index (χ1n) is 4.74. The minimum atomic E-state index is -0.155. The van der Waals surface area contributed by atoms with Gasteiger partial charge < -0.3 is 5.32 Å². The van der Waals surface area contributed by atoms with E-state index >= 15 is 0 Å². The van der Waals surface area contributed by atoms with Gasteiger partial charge in [-0.25, -0.2) is 0 Å². The molecule has 1 heterocycles. The van der Waals surface area contributed by atoms with E-state index in [-0.39, 0.29) is 11.3 Å². The Balaban J connectivity index is 2.77. The van der Waals surface area contributed by atoms with Crippen LogP contribution in [0.2, 0.25) is 0 Å². The molecule has 1 unspecified atom stereocenters. The Morgan fingerprint density at radius 2 is 2.20 bits per heavy atom. The van der Waals surface area contributed by atoms with E-state index in [9.17, 15) is 4.79 Å². The number of carbonyl (C=O) groups is 1. The summed E-state index contributed by atoms with van der Waals surface area (Å²) in [6, 6.07) is 1.72. The van der Waals surface area contributed by atoms with Crippen molar-refractivity contribution in [1.29, 1.82) is 0 Å². The number of alkyl halides is 1. The smallest absolute Gasteiger partial charge is 0.253 e. The quantitative estimate of drug-likeness (QED) is 0.796. The summed E-state index contributed by atoms with van der Waals surface area (Å²) in [5.41, 5.74) is 1.91. The van der Waals surface area contributed by atoms with E-state index in [4.69, 9.17) is 11.6 Å². The van der Waals surface area contributed by atoms with Crippen LogP contribution < -0.4 is 5.32 Å². The van der Waals surface area contributed by atoms with Crippen molar-refractivity contribution >= 4 is 17.5 Å². The van der Waals surface area contributed by atoms with Crippen molar-refractivity contribution in [2.45, 2.75) is 26.1 Å². The van der Waals surface area contributed by atoms with Gasteiger partial charge >= 0.3 is 0 Å². The molecule has 1 atom stereocenters. The SMILES string of the molecule is Cc1cc(C(=O)NCC(C)Cl)c(C)nn1. The van der Waals surface area contributed by atoms with Crippen LogP contribution in [-0.2, 0) is 0 Å². The summed E-state index contributed by atoms with van der Waals surface area (Å²) in [5, 5.41) is 10.4. The first-order chi connectivity index (χ1) is 7.00. The predicted molar refractivity (Wildman–Crippen MR) is 59.2 cm³/mol. The molecule has 0 radical (unpaired) electrons. The molecule has 0 aliphatic rings. The molecule has 1 rings (SSSR count). The fourth-order valence-corrected chi connectivity index (χ4v) is 1.19. The predicted octanol–water partition coefficient (Wildman–Crippen LogP) is 1.45. The van der Waals surface area contributed by atoms with Crippen LogP contribution in [0.15, 0.2) is 6.07 Å². The first kappa shape index (κ1) is 11.9. The normalized spacial score (nSPS) is 12.3. The van der Waals surface area contributed by atoms with Crippen LogP contribution in [0.5, 0.6) is 0 Å². The number of amides is 1. The maximum absolute atomic E-state index is 11.7. The Bertz CT molecular complexity index is 366. The molecule has 0 spiro atoms. The van der Waals surface area contributed by atoms with Gasteiger partial charge in [0.1, 0.15) is 0 Å². The molecular weight excluding hydrogens is 214 g/mol. The van der Waals surface area contributed by atoms with Crippen LogP contribution in [0.25, 0.3) is 0 Å². The Morgan fingerprint density at radius 1 is 1.53 bits per heavy atom. The van der Waals surface area contributed by atoms with Crippen molar-refractivity contribution in [3.63, 3.8) is 0 Å². The third-order valence-corrected chi connectivity index (χ3v) is 2.04. The summed E-state index contributed by atoms with van der Waals surface area (Å²) < 4.78 is 0. The van der Waals surface area contributed by atoms with Gasteiger partial charge in [0.05, 0.1) is 17.0 Å². The lowest BCUT2D eigenvalue weighted by atomic mass is 10.2. The van der Waals surface area contributed by atoms with Gasteiger partial charge in [-0.2, -0.15) is 10.2 Å². The van der Waals surface area contributed by atoms with Crippen LogP contribution >= 0.6 is 11.6 Å². The summed E-state index contributed by atoms with van der Waals surface area (Å²) in [6.45, 7) is 5.82. The van der Waals surface area contributed by atoms with Crippen molar-refractivity contribution in [2.24, 2.45) is 0 Å². The Morgan fingerprint density at radius 3 is 2.80 bits per heavy atom. The van der Waals surface area contributed by atoms with Gasteiger partial charge in [0.25, 0.3) is 5.91 Å². The second kappa shape index (κ2) is 5.07. The van der Waals surface area contributed by atoms with Gasteiger partial charge in [-0.3, -0.25) is 4.79 Å². The van der Waals surface area contributed by atoms with E-state index in [0.29, 0.717) is 17.8 Å². The van der Waals surface area contributed by atoms with E-state index in [0.717, 1.165) is 5.69 Å². The van der Waals surface area contributed by atoms with E-state index in [1.807, 2.05) is 6.92 Å². The molecule has 0 bridgehead atoms. The van der Waals surface area contributed by atoms with Crippen LogP contribution in [0, 0.1) is 13.8 Å². The molecule has 15 heavy (non-hydrogen) atoms. The lowest BCUT2D eigenvalue weighted by Crippen LogP contribution is -2.29. The number of aryl methyl sites for hydroxylation is 2. The third-order valence-electron chi connectivity index (χ3n) is 1.89. The Kier molecular flexibility index (Phi) is 4.03. The summed E-state index contributed by atoms with van der Waals surface area (Å²) in [6.07, 6.45) is 0.